The van der Waals surface area contributed by atoms with Gasteiger partial charge in [0.15, 0.2) is 10.9 Å². The van der Waals surface area contributed by atoms with Gasteiger partial charge in [0, 0.05) is 27.4 Å². The zero-order valence-electron chi connectivity index (χ0n) is 14.5. The van der Waals surface area contributed by atoms with Gasteiger partial charge in [-0.2, -0.15) is 0 Å². The molecule has 0 saturated carbocycles. The second-order valence-electron chi connectivity index (χ2n) is 6.04. The first-order chi connectivity index (χ1) is 12.5. The van der Waals surface area contributed by atoms with Gasteiger partial charge in [-0.05, 0) is 38.2 Å². The quantitative estimate of drug-likeness (QED) is 0.750. The van der Waals surface area contributed by atoms with Gasteiger partial charge in [0.1, 0.15) is 12.4 Å². The fourth-order valence-electron chi connectivity index (χ4n) is 3.02. The van der Waals surface area contributed by atoms with E-state index in [4.69, 9.17) is 28.6 Å². The standard InChI is InChI=1S/C20H19ClN2O2S/c1-12-18(13(2)24)19(23-20(26)22-12)15-8-4-6-10-17(15)25-11-14-7-3-5-9-16(14)21/h3-10,19H,11H2,1-2H3,(H2,22,23,26). The number of halogens is 1. The van der Waals surface area contributed by atoms with Gasteiger partial charge in [0.2, 0.25) is 0 Å². The van der Waals surface area contributed by atoms with E-state index in [1.165, 1.54) is 0 Å². The third-order valence-corrected chi connectivity index (χ3v) is 4.81. The Labute approximate surface area is 163 Å². The van der Waals surface area contributed by atoms with E-state index < -0.39 is 0 Å². The number of carbonyl (C=O) groups excluding carboxylic acids is 1. The van der Waals surface area contributed by atoms with Gasteiger partial charge in [-0.1, -0.05) is 48.0 Å². The summed E-state index contributed by atoms with van der Waals surface area (Å²) in [6.45, 7) is 3.74. The highest BCUT2D eigenvalue weighted by molar-refractivity contribution is 7.80. The van der Waals surface area contributed by atoms with Crippen molar-refractivity contribution >= 4 is 34.7 Å². The summed E-state index contributed by atoms with van der Waals surface area (Å²) in [5.41, 5.74) is 3.16. The van der Waals surface area contributed by atoms with Gasteiger partial charge >= 0.3 is 0 Å². The molecule has 1 heterocycles. The number of rotatable bonds is 5. The van der Waals surface area contributed by atoms with E-state index in [2.05, 4.69) is 10.6 Å². The maximum absolute atomic E-state index is 12.2. The lowest BCUT2D eigenvalue weighted by atomic mass is 9.92. The van der Waals surface area contributed by atoms with Crippen LogP contribution in [0.5, 0.6) is 5.75 Å². The van der Waals surface area contributed by atoms with Gasteiger partial charge in [-0.15, -0.1) is 0 Å². The Morgan fingerprint density at radius 1 is 1.19 bits per heavy atom. The largest absolute Gasteiger partial charge is 0.488 e. The molecule has 0 amide bonds. The van der Waals surface area contributed by atoms with Crippen molar-refractivity contribution in [1.82, 2.24) is 10.6 Å². The van der Waals surface area contributed by atoms with Crippen LogP contribution in [0.3, 0.4) is 0 Å². The third kappa shape index (κ3) is 3.89. The Morgan fingerprint density at radius 3 is 2.62 bits per heavy atom. The van der Waals surface area contributed by atoms with Crippen molar-refractivity contribution in [3.05, 3.63) is 76.0 Å². The van der Waals surface area contributed by atoms with Gasteiger partial charge in [0.05, 0.1) is 6.04 Å². The van der Waals surface area contributed by atoms with Crippen molar-refractivity contribution in [3.8, 4) is 5.75 Å². The fourth-order valence-corrected chi connectivity index (χ4v) is 3.48. The predicted octanol–water partition coefficient (Wildman–Crippen LogP) is 4.30. The number of hydrogen-bond donors (Lipinski definition) is 2. The molecule has 1 aliphatic heterocycles. The average Bonchev–Trinajstić information content (AvgIpc) is 2.60. The maximum atomic E-state index is 12.2. The minimum absolute atomic E-state index is 0.0177. The number of ketones is 1. The molecule has 0 saturated heterocycles. The molecule has 4 nitrogen and oxygen atoms in total. The highest BCUT2D eigenvalue weighted by atomic mass is 35.5. The highest BCUT2D eigenvalue weighted by Crippen LogP contribution is 2.34. The molecule has 6 heteroatoms. The molecular formula is C20H19ClN2O2S. The molecule has 0 spiro atoms. The van der Waals surface area contributed by atoms with Crippen molar-refractivity contribution in [3.63, 3.8) is 0 Å². The van der Waals surface area contributed by atoms with E-state index in [-0.39, 0.29) is 11.8 Å². The van der Waals surface area contributed by atoms with Crippen LogP contribution in [0.2, 0.25) is 5.02 Å². The van der Waals surface area contributed by atoms with E-state index >= 15 is 0 Å². The van der Waals surface area contributed by atoms with Crippen LogP contribution in [0.4, 0.5) is 0 Å². The van der Waals surface area contributed by atoms with Crippen molar-refractivity contribution in [2.24, 2.45) is 0 Å². The summed E-state index contributed by atoms with van der Waals surface area (Å²) in [6.07, 6.45) is 0. The summed E-state index contributed by atoms with van der Waals surface area (Å²) < 4.78 is 6.03. The van der Waals surface area contributed by atoms with E-state index in [0.717, 1.165) is 16.8 Å². The van der Waals surface area contributed by atoms with Crippen molar-refractivity contribution in [2.75, 3.05) is 0 Å². The number of hydrogen-bond acceptors (Lipinski definition) is 3. The fraction of sp³-hybridized carbons (Fsp3) is 0.200. The second kappa shape index (κ2) is 7.89. The van der Waals surface area contributed by atoms with E-state index in [1.807, 2.05) is 55.5 Å². The average molecular weight is 387 g/mol. The number of para-hydroxylation sites is 1. The second-order valence-corrected chi connectivity index (χ2v) is 6.86. The number of thiocarbonyl (C=S) groups is 1. The Hall–Kier alpha value is -2.37. The maximum Gasteiger partial charge on any atom is 0.171 e. The Balaban J connectivity index is 1.93. The SMILES string of the molecule is CC(=O)C1=C(C)NC(=S)NC1c1ccccc1OCc1ccccc1Cl. The minimum Gasteiger partial charge on any atom is -0.488 e. The zero-order valence-corrected chi connectivity index (χ0v) is 16.1. The van der Waals surface area contributed by atoms with Gasteiger partial charge in [-0.3, -0.25) is 4.79 Å². The molecule has 0 aromatic heterocycles. The minimum atomic E-state index is -0.358. The number of ether oxygens (including phenoxy) is 1. The third-order valence-electron chi connectivity index (χ3n) is 4.22. The first-order valence-corrected chi connectivity index (χ1v) is 9.00. The number of benzene rings is 2. The Kier molecular flexibility index (Phi) is 5.59. The molecule has 26 heavy (non-hydrogen) atoms. The highest BCUT2D eigenvalue weighted by Gasteiger charge is 2.29. The molecule has 2 N–H and O–H groups in total. The molecule has 0 aliphatic carbocycles. The Bertz CT molecular complexity index is 895. The molecule has 2 aromatic rings. The molecule has 1 aliphatic rings. The summed E-state index contributed by atoms with van der Waals surface area (Å²) >= 11 is 11.5. The summed E-state index contributed by atoms with van der Waals surface area (Å²) in [7, 11) is 0. The molecule has 3 rings (SSSR count). The van der Waals surface area contributed by atoms with Crippen LogP contribution in [-0.4, -0.2) is 10.9 Å². The normalized spacial score (nSPS) is 16.7. The molecule has 0 radical (unpaired) electrons. The molecule has 1 unspecified atom stereocenters. The van der Waals surface area contributed by atoms with Crippen LogP contribution < -0.4 is 15.4 Å². The lowest BCUT2D eigenvalue weighted by molar-refractivity contribution is -0.114. The summed E-state index contributed by atoms with van der Waals surface area (Å²) in [5, 5.41) is 7.34. The number of nitrogens with one attached hydrogen (secondary N) is 2. The molecule has 0 fully saturated rings. The smallest absolute Gasteiger partial charge is 0.171 e. The summed E-state index contributed by atoms with van der Waals surface area (Å²) in [4.78, 5) is 12.2. The van der Waals surface area contributed by atoms with Crippen molar-refractivity contribution < 1.29 is 9.53 Å². The van der Waals surface area contributed by atoms with Crippen molar-refractivity contribution in [1.29, 1.82) is 0 Å². The molecular weight excluding hydrogens is 368 g/mol. The number of Topliss-reactive ketones (excluding diaryl/α,β-unsaturated/α-hetero) is 1. The number of carbonyl (C=O) groups is 1. The van der Waals surface area contributed by atoms with E-state index in [0.29, 0.717) is 28.1 Å². The summed E-state index contributed by atoms with van der Waals surface area (Å²) in [5.74, 6) is 0.664. The summed E-state index contributed by atoms with van der Waals surface area (Å²) in [6, 6.07) is 14.8. The van der Waals surface area contributed by atoms with Crippen LogP contribution >= 0.6 is 23.8 Å². The molecule has 2 aromatic carbocycles. The first kappa shape index (κ1) is 18.4. The van der Waals surface area contributed by atoms with Gasteiger partial charge < -0.3 is 15.4 Å². The topological polar surface area (TPSA) is 50.4 Å². The van der Waals surface area contributed by atoms with Gasteiger partial charge in [0.25, 0.3) is 0 Å². The zero-order chi connectivity index (χ0) is 18.7. The lowest BCUT2D eigenvalue weighted by Gasteiger charge is -2.30. The van der Waals surface area contributed by atoms with Crippen LogP contribution in [0.15, 0.2) is 59.8 Å². The molecule has 0 bridgehead atoms. The Morgan fingerprint density at radius 2 is 1.88 bits per heavy atom. The lowest BCUT2D eigenvalue weighted by Crippen LogP contribution is -2.44. The van der Waals surface area contributed by atoms with Crippen LogP contribution in [0.1, 0.15) is 31.0 Å². The van der Waals surface area contributed by atoms with Crippen LogP contribution in [-0.2, 0) is 11.4 Å². The van der Waals surface area contributed by atoms with Crippen LogP contribution in [0, 0.1) is 0 Å². The van der Waals surface area contributed by atoms with Gasteiger partial charge in [-0.25, -0.2) is 0 Å². The molecule has 134 valence electrons. The first-order valence-electron chi connectivity index (χ1n) is 8.21. The van der Waals surface area contributed by atoms with E-state index in [1.54, 1.807) is 6.92 Å². The predicted molar refractivity (Wildman–Crippen MR) is 107 cm³/mol. The molecule has 1 atom stereocenters. The van der Waals surface area contributed by atoms with Crippen molar-refractivity contribution in [2.45, 2.75) is 26.5 Å². The van der Waals surface area contributed by atoms with E-state index in [9.17, 15) is 4.79 Å². The van der Waals surface area contributed by atoms with Crippen LogP contribution in [0.25, 0.3) is 0 Å². The number of allylic oxidation sites excluding steroid dienone is 1. The monoisotopic (exact) mass is 386 g/mol.